The molecule has 25 heavy (non-hydrogen) atoms. The number of piperidine rings is 1. The van der Waals surface area contributed by atoms with E-state index < -0.39 is 0 Å². The van der Waals surface area contributed by atoms with Crippen LogP contribution in [0.1, 0.15) is 30.3 Å². The van der Waals surface area contributed by atoms with Gasteiger partial charge in [0.1, 0.15) is 5.82 Å². The van der Waals surface area contributed by atoms with Gasteiger partial charge in [-0.25, -0.2) is 4.98 Å². The zero-order chi connectivity index (χ0) is 17.6. The van der Waals surface area contributed by atoms with Gasteiger partial charge in [-0.1, -0.05) is 0 Å². The molecule has 1 amide bonds. The van der Waals surface area contributed by atoms with Crippen LogP contribution in [0.3, 0.4) is 0 Å². The Morgan fingerprint density at radius 1 is 1.40 bits per heavy atom. The molecule has 0 bridgehead atoms. The number of hydrogen-bond acceptors (Lipinski definition) is 7. The van der Waals surface area contributed by atoms with Crippen molar-refractivity contribution in [1.29, 1.82) is 0 Å². The molecule has 2 aromatic heterocycles. The van der Waals surface area contributed by atoms with Gasteiger partial charge >= 0.3 is 0 Å². The summed E-state index contributed by atoms with van der Waals surface area (Å²) in [7, 11) is 0. The predicted octanol–water partition coefficient (Wildman–Crippen LogP) is 0.391. The number of carbonyl (C=O) groups is 1. The molecule has 1 saturated heterocycles. The van der Waals surface area contributed by atoms with Gasteiger partial charge in [-0.15, -0.1) is 10.2 Å². The number of nitrogens with one attached hydrogen (secondary N) is 3. The van der Waals surface area contributed by atoms with Crippen LogP contribution >= 0.6 is 0 Å². The fraction of sp³-hybridized carbons (Fsp3) is 0.438. The highest BCUT2D eigenvalue weighted by atomic mass is 16.2. The first-order chi connectivity index (χ1) is 12.2. The highest BCUT2D eigenvalue weighted by molar-refractivity contribution is 5.92. The third-order valence-electron chi connectivity index (χ3n) is 4.00. The van der Waals surface area contributed by atoms with E-state index in [0.29, 0.717) is 24.7 Å². The monoisotopic (exact) mass is 343 g/mol. The van der Waals surface area contributed by atoms with Crippen molar-refractivity contribution < 1.29 is 4.79 Å². The molecule has 0 spiro atoms. The Morgan fingerprint density at radius 3 is 3.00 bits per heavy atom. The minimum atomic E-state index is -0.236. The lowest BCUT2D eigenvalue weighted by atomic mass is 10.1. The maximum atomic E-state index is 11.9. The van der Waals surface area contributed by atoms with E-state index in [1.165, 1.54) is 6.20 Å². The normalized spacial score (nSPS) is 17.2. The summed E-state index contributed by atoms with van der Waals surface area (Å²) in [5, 5.41) is 14.0. The largest absolute Gasteiger partial charge is 0.364 e. The Morgan fingerprint density at radius 2 is 2.28 bits per heavy atom. The molecule has 0 saturated carbocycles. The smallest absolute Gasteiger partial charge is 0.290 e. The first-order valence-corrected chi connectivity index (χ1v) is 8.34. The molecule has 0 aliphatic carbocycles. The van der Waals surface area contributed by atoms with Crippen LogP contribution in [-0.2, 0) is 0 Å². The molecule has 1 atom stereocenters. The molecule has 2 aromatic rings. The lowest BCUT2D eigenvalue weighted by Crippen LogP contribution is -2.44. The summed E-state index contributed by atoms with van der Waals surface area (Å²) < 4.78 is 0. The Labute approximate surface area is 144 Å². The minimum absolute atomic E-state index is 0.125. The van der Waals surface area contributed by atoms with Crippen molar-refractivity contribution in [3.63, 3.8) is 0 Å². The standard InChI is InChI=1S/C16H21N7O2/c1-2-17-15(24)12-5-6-13(22-21-12)20-11-4-3-9-23(10-11)14-16(25)19-8-7-18-14/h5-8,11H,2-4,9-10H2,1H3,(H,17,24)(H,19,25)(H,20,22). The third kappa shape index (κ3) is 4.11. The number of aromatic nitrogens is 4. The highest BCUT2D eigenvalue weighted by Gasteiger charge is 2.23. The van der Waals surface area contributed by atoms with Gasteiger partial charge < -0.3 is 20.5 Å². The van der Waals surface area contributed by atoms with Crippen molar-refractivity contribution >= 4 is 17.5 Å². The van der Waals surface area contributed by atoms with E-state index in [-0.39, 0.29) is 23.2 Å². The maximum absolute atomic E-state index is 11.9. The predicted molar refractivity (Wildman–Crippen MR) is 93.8 cm³/mol. The molecule has 1 fully saturated rings. The highest BCUT2D eigenvalue weighted by Crippen LogP contribution is 2.17. The molecular formula is C16H21N7O2. The van der Waals surface area contributed by atoms with Crippen molar-refractivity contribution in [3.05, 3.63) is 40.6 Å². The second-order valence-corrected chi connectivity index (χ2v) is 5.83. The van der Waals surface area contributed by atoms with Crippen molar-refractivity contribution in [1.82, 2.24) is 25.5 Å². The number of H-pyrrole nitrogens is 1. The van der Waals surface area contributed by atoms with Crippen LogP contribution in [0.4, 0.5) is 11.6 Å². The first-order valence-electron chi connectivity index (χ1n) is 8.34. The van der Waals surface area contributed by atoms with Crippen molar-refractivity contribution in [2.24, 2.45) is 0 Å². The number of hydrogen-bond donors (Lipinski definition) is 3. The second-order valence-electron chi connectivity index (χ2n) is 5.83. The van der Waals surface area contributed by atoms with Crippen LogP contribution in [-0.4, -0.2) is 51.7 Å². The van der Waals surface area contributed by atoms with Crippen LogP contribution in [0.2, 0.25) is 0 Å². The van der Waals surface area contributed by atoms with Crippen molar-refractivity contribution in [2.45, 2.75) is 25.8 Å². The zero-order valence-corrected chi connectivity index (χ0v) is 14.0. The molecule has 1 aliphatic heterocycles. The van der Waals surface area contributed by atoms with E-state index in [9.17, 15) is 9.59 Å². The number of carbonyl (C=O) groups excluding carboxylic acids is 1. The summed E-state index contributed by atoms with van der Waals surface area (Å²) in [6, 6.07) is 3.51. The van der Waals surface area contributed by atoms with Gasteiger partial charge in [0.05, 0.1) is 0 Å². The van der Waals surface area contributed by atoms with Gasteiger partial charge in [-0.3, -0.25) is 9.59 Å². The van der Waals surface area contributed by atoms with Gasteiger partial charge in [-0.2, -0.15) is 0 Å². The topological polar surface area (TPSA) is 116 Å². The quantitative estimate of drug-likeness (QED) is 0.719. The fourth-order valence-corrected chi connectivity index (χ4v) is 2.85. The van der Waals surface area contributed by atoms with Gasteiger partial charge in [0.25, 0.3) is 11.5 Å². The van der Waals surface area contributed by atoms with E-state index in [1.54, 1.807) is 18.3 Å². The third-order valence-corrected chi connectivity index (χ3v) is 4.00. The molecule has 3 N–H and O–H groups in total. The molecule has 1 unspecified atom stereocenters. The van der Waals surface area contributed by atoms with Crippen LogP contribution in [0.15, 0.2) is 29.3 Å². The molecule has 1 aliphatic rings. The van der Waals surface area contributed by atoms with Crippen LogP contribution in [0, 0.1) is 0 Å². The lowest BCUT2D eigenvalue weighted by molar-refractivity contribution is 0.0950. The minimum Gasteiger partial charge on any atom is -0.364 e. The zero-order valence-electron chi connectivity index (χ0n) is 14.0. The maximum Gasteiger partial charge on any atom is 0.290 e. The summed E-state index contributed by atoms with van der Waals surface area (Å²) in [6.45, 7) is 3.84. The molecule has 9 heteroatoms. The van der Waals surface area contributed by atoms with Crippen LogP contribution < -0.4 is 21.1 Å². The molecule has 3 rings (SSSR count). The Balaban J connectivity index is 1.64. The van der Waals surface area contributed by atoms with E-state index in [2.05, 4.69) is 30.8 Å². The molecule has 0 radical (unpaired) electrons. The number of amides is 1. The first kappa shape index (κ1) is 16.9. The molecule has 9 nitrogen and oxygen atoms in total. The number of aromatic amines is 1. The second kappa shape index (κ2) is 7.73. The Bertz CT molecular complexity index is 775. The summed E-state index contributed by atoms with van der Waals surface area (Å²) >= 11 is 0. The summed E-state index contributed by atoms with van der Waals surface area (Å²) in [4.78, 5) is 32.4. The van der Waals surface area contributed by atoms with Gasteiger partial charge in [0.2, 0.25) is 0 Å². The molecule has 132 valence electrons. The van der Waals surface area contributed by atoms with E-state index in [1.807, 2.05) is 11.8 Å². The number of nitrogens with zero attached hydrogens (tertiary/aromatic N) is 4. The average Bonchev–Trinajstić information content (AvgIpc) is 2.63. The fourth-order valence-electron chi connectivity index (χ4n) is 2.85. The number of rotatable bonds is 5. The van der Waals surface area contributed by atoms with E-state index in [0.717, 1.165) is 19.4 Å². The van der Waals surface area contributed by atoms with Crippen LogP contribution in [0.25, 0.3) is 0 Å². The van der Waals surface area contributed by atoms with Gasteiger partial charge in [0.15, 0.2) is 11.5 Å². The lowest BCUT2D eigenvalue weighted by Gasteiger charge is -2.33. The van der Waals surface area contributed by atoms with Gasteiger partial charge in [-0.05, 0) is 31.9 Å². The SMILES string of the molecule is CCNC(=O)c1ccc(NC2CCCN(c3ncc[nH]c3=O)C2)nn1. The van der Waals surface area contributed by atoms with E-state index >= 15 is 0 Å². The molecule has 0 aromatic carbocycles. The molecule has 3 heterocycles. The van der Waals surface area contributed by atoms with Gasteiger partial charge in [0, 0.05) is 38.1 Å². The summed E-state index contributed by atoms with van der Waals surface area (Å²) in [5.74, 6) is 0.807. The molecular weight excluding hydrogens is 322 g/mol. The van der Waals surface area contributed by atoms with Crippen LogP contribution in [0.5, 0.6) is 0 Å². The Kier molecular flexibility index (Phi) is 5.22. The Hall–Kier alpha value is -2.97. The average molecular weight is 343 g/mol. The van der Waals surface area contributed by atoms with Crippen molar-refractivity contribution in [3.8, 4) is 0 Å². The number of anilines is 2. The van der Waals surface area contributed by atoms with Crippen molar-refractivity contribution in [2.75, 3.05) is 29.9 Å². The summed E-state index contributed by atoms with van der Waals surface area (Å²) in [5.41, 5.74) is 0.104. The van der Waals surface area contributed by atoms with E-state index in [4.69, 9.17) is 0 Å². The summed E-state index contributed by atoms with van der Waals surface area (Å²) in [6.07, 6.45) is 5.01.